The van der Waals surface area contributed by atoms with Crippen molar-refractivity contribution in [1.29, 1.82) is 0 Å². The summed E-state index contributed by atoms with van der Waals surface area (Å²) >= 11 is 0. The van der Waals surface area contributed by atoms with Gasteiger partial charge in [-0.15, -0.1) is 0 Å². The van der Waals surface area contributed by atoms with Gasteiger partial charge in [-0.1, -0.05) is 18.2 Å². The lowest BCUT2D eigenvalue weighted by Gasteiger charge is -2.27. The van der Waals surface area contributed by atoms with E-state index in [1.54, 1.807) is 45.0 Å². The number of phenolic OH excluding ortho intramolecular Hbond substituents is 1. The van der Waals surface area contributed by atoms with Gasteiger partial charge in [-0.25, -0.2) is 9.59 Å². The van der Waals surface area contributed by atoms with Crippen molar-refractivity contribution in [2.75, 3.05) is 0 Å². The molecule has 2 heterocycles. The van der Waals surface area contributed by atoms with Crippen LogP contribution in [0.1, 0.15) is 38.8 Å². The average Bonchev–Trinajstić information content (AvgIpc) is 2.82. The molecule has 3 amide bonds. The number of carboxylic acids is 1. The van der Waals surface area contributed by atoms with Crippen molar-refractivity contribution in [3.63, 3.8) is 0 Å². The first kappa shape index (κ1) is 29.2. The zero-order chi connectivity index (χ0) is 28.9. The molecule has 0 aromatic heterocycles. The van der Waals surface area contributed by atoms with Crippen LogP contribution < -0.4 is 20.7 Å². The Kier molecular flexibility index (Phi) is 9.02. The Morgan fingerprint density at radius 3 is 2.26 bits per heavy atom. The van der Waals surface area contributed by atoms with Gasteiger partial charge < -0.3 is 40.7 Å². The van der Waals surface area contributed by atoms with Crippen LogP contribution in [0.3, 0.4) is 0 Å². The second-order valence-electron chi connectivity index (χ2n) is 10.3. The molecule has 39 heavy (non-hydrogen) atoms. The molecule has 0 spiro atoms. The lowest BCUT2D eigenvalue weighted by atomic mass is 10.0. The molecule has 0 saturated carbocycles. The predicted molar refractivity (Wildman–Crippen MR) is 138 cm³/mol. The molecular weight excluding hydrogens is 510 g/mol. The van der Waals surface area contributed by atoms with Gasteiger partial charge in [0.25, 0.3) is 0 Å². The van der Waals surface area contributed by atoms with E-state index >= 15 is 0 Å². The van der Waals surface area contributed by atoms with Gasteiger partial charge in [-0.3, -0.25) is 9.59 Å². The lowest BCUT2D eigenvalue weighted by molar-refractivity contribution is -0.143. The summed E-state index contributed by atoms with van der Waals surface area (Å²) in [6.45, 7) is 6.21. The number of carbonyl (C=O) groups excluding carboxylic acids is 3. The van der Waals surface area contributed by atoms with Crippen molar-refractivity contribution in [3.05, 3.63) is 53.6 Å². The summed E-state index contributed by atoms with van der Waals surface area (Å²) in [6.07, 6.45) is -2.49. The number of hydrogen-bond donors (Lipinski definition) is 6. The highest BCUT2D eigenvalue weighted by Crippen LogP contribution is 2.32. The normalized spacial score (nSPS) is 21.0. The summed E-state index contributed by atoms with van der Waals surface area (Å²) < 4.78 is 11.1. The number of ether oxygens (including phenoxy) is 2. The van der Waals surface area contributed by atoms with Gasteiger partial charge in [0.15, 0.2) is 11.5 Å². The Hall–Kier alpha value is -4.32. The molecule has 4 rings (SSSR count). The van der Waals surface area contributed by atoms with Crippen LogP contribution in [0, 0.1) is 0 Å². The number of benzene rings is 2. The smallest absolute Gasteiger partial charge is 0.408 e. The first-order valence-corrected chi connectivity index (χ1v) is 12.3. The topological polar surface area (TPSA) is 184 Å². The highest BCUT2D eigenvalue weighted by atomic mass is 16.6. The average molecular weight is 544 g/mol. The molecule has 0 radical (unpaired) electrons. The van der Waals surface area contributed by atoms with Crippen LogP contribution in [0.4, 0.5) is 4.79 Å². The minimum absolute atomic E-state index is 0.0862. The van der Waals surface area contributed by atoms with E-state index in [1.165, 1.54) is 25.1 Å². The number of rotatable bonds is 3. The summed E-state index contributed by atoms with van der Waals surface area (Å²) in [7, 11) is 0. The van der Waals surface area contributed by atoms with E-state index in [1.807, 2.05) is 0 Å². The van der Waals surface area contributed by atoms with Crippen LogP contribution in [0.25, 0.3) is 0 Å². The molecule has 12 heteroatoms. The molecule has 2 aromatic rings. The number of aliphatic carboxylic acids is 1. The highest BCUT2D eigenvalue weighted by Gasteiger charge is 2.33. The standard InChI is InChI=1S/C27H33N3O9/c1-14(31)22-24(34)28-19(25(35)36)11-15-5-8-17(9-6-15)38-21-13-16(7-10-20(21)32)12-18(23(33)30-22)29-26(37)39-27(2,3)4/h5-10,13-14,18-19,22,31-32H,11-12H2,1-4H3,(H,28,34)(H,29,37)(H,30,33)(H,35,36)/t14-,18+,19+,22?/m1/s1. The number of aliphatic hydroxyl groups excluding tert-OH is 1. The lowest BCUT2D eigenvalue weighted by Crippen LogP contribution is -2.59. The van der Waals surface area contributed by atoms with E-state index < -0.39 is 53.7 Å². The molecule has 2 aromatic carbocycles. The predicted octanol–water partition coefficient (Wildman–Crippen LogP) is 1.61. The second-order valence-corrected chi connectivity index (χ2v) is 10.3. The van der Waals surface area contributed by atoms with Crippen LogP contribution >= 0.6 is 0 Å². The molecule has 4 bridgehead atoms. The first-order valence-electron chi connectivity index (χ1n) is 12.3. The Morgan fingerprint density at radius 1 is 1.03 bits per heavy atom. The third-order valence-corrected chi connectivity index (χ3v) is 5.74. The van der Waals surface area contributed by atoms with Crippen molar-refractivity contribution in [3.8, 4) is 17.2 Å². The molecule has 2 aliphatic rings. The zero-order valence-corrected chi connectivity index (χ0v) is 22.1. The van der Waals surface area contributed by atoms with Gasteiger partial charge in [-0.05, 0) is 63.1 Å². The second kappa shape index (κ2) is 12.0. The summed E-state index contributed by atoms with van der Waals surface area (Å²) in [5, 5.41) is 37.5. The first-order chi connectivity index (χ1) is 18.2. The van der Waals surface area contributed by atoms with E-state index in [9.17, 15) is 34.5 Å². The quantitative estimate of drug-likeness (QED) is 0.335. The van der Waals surface area contributed by atoms with Crippen molar-refractivity contribution < 1.29 is 44.0 Å². The maximum atomic E-state index is 13.3. The fourth-order valence-electron chi connectivity index (χ4n) is 3.84. The summed E-state index contributed by atoms with van der Waals surface area (Å²) in [4.78, 5) is 50.7. The van der Waals surface area contributed by atoms with E-state index in [-0.39, 0.29) is 24.3 Å². The van der Waals surface area contributed by atoms with Gasteiger partial charge >= 0.3 is 12.1 Å². The molecule has 2 aliphatic heterocycles. The largest absolute Gasteiger partial charge is 0.504 e. The SMILES string of the molecule is C[C@@H](O)C1NC(=O)[C@@H](NC(=O)OC(C)(C)C)Cc2ccc(O)c(c2)Oc2ccc(cc2)C[C@@H](C(=O)O)NC1=O. The van der Waals surface area contributed by atoms with Gasteiger partial charge in [0.05, 0.1) is 6.10 Å². The number of amides is 3. The number of alkyl carbamates (subject to hydrolysis) is 1. The fourth-order valence-corrected chi connectivity index (χ4v) is 3.84. The van der Waals surface area contributed by atoms with Crippen LogP contribution in [0.15, 0.2) is 42.5 Å². The zero-order valence-electron chi connectivity index (χ0n) is 22.1. The Morgan fingerprint density at radius 2 is 1.67 bits per heavy atom. The van der Waals surface area contributed by atoms with Gasteiger partial charge in [0.1, 0.15) is 29.5 Å². The maximum absolute atomic E-state index is 13.3. The fraction of sp³-hybridized carbons (Fsp3) is 0.407. The van der Waals surface area contributed by atoms with Crippen LogP contribution in [-0.2, 0) is 32.0 Å². The van der Waals surface area contributed by atoms with Gasteiger partial charge in [-0.2, -0.15) is 0 Å². The van der Waals surface area contributed by atoms with Crippen molar-refractivity contribution in [2.24, 2.45) is 0 Å². The highest BCUT2D eigenvalue weighted by molar-refractivity contribution is 5.93. The minimum atomic E-state index is -1.53. The molecule has 6 N–H and O–H groups in total. The van der Waals surface area contributed by atoms with Crippen LogP contribution in [-0.4, -0.2) is 69.0 Å². The molecule has 0 aliphatic carbocycles. The number of carbonyl (C=O) groups is 4. The third-order valence-electron chi connectivity index (χ3n) is 5.74. The van der Waals surface area contributed by atoms with Gasteiger partial charge in [0, 0.05) is 12.8 Å². The number of phenols is 1. The summed E-state index contributed by atoms with van der Waals surface area (Å²) in [6, 6.07) is 6.62. The minimum Gasteiger partial charge on any atom is -0.504 e. The number of fused-ring (bicyclic) bond motifs is 10. The Balaban J connectivity index is 2.04. The Labute approximate surface area is 225 Å². The summed E-state index contributed by atoms with van der Waals surface area (Å²) in [5.41, 5.74) is 0.195. The van der Waals surface area contributed by atoms with E-state index in [0.29, 0.717) is 16.9 Å². The Bertz CT molecular complexity index is 1220. The molecule has 1 unspecified atom stereocenters. The monoisotopic (exact) mass is 543 g/mol. The molecule has 0 fully saturated rings. The number of aromatic hydroxyl groups is 1. The van der Waals surface area contributed by atoms with Crippen LogP contribution in [0.2, 0.25) is 0 Å². The molecule has 210 valence electrons. The number of nitrogens with one attached hydrogen (secondary N) is 3. The third kappa shape index (κ3) is 8.34. The van der Waals surface area contributed by atoms with E-state index in [4.69, 9.17) is 9.47 Å². The van der Waals surface area contributed by atoms with Gasteiger partial charge in [0.2, 0.25) is 11.8 Å². The summed E-state index contributed by atoms with van der Waals surface area (Å²) in [5.74, 6) is -2.80. The van der Waals surface area contributed by atoms with E-state index in [2.05, 4.69) is 16.0 Å². The number of aliphatic hydroxyl groups is 1. The number of carboxylic acid groups (broad SMARTS) is 1. The molecule has 12 nitrogen and oxygen atoms in total. The van der Waals surface area contributed by atoms with Crippen molar-refractivity contribution >= 4 is 23.9 Å². The molecular formula is C27H33N3O9. The van der Waals surface area contributed by atoms with Crippen molar-refractivity contribution in [2.45, 2.75) is 70.4 Å². The van der Waals surface area contributed by atoms with Crippen LogP contribution in [0.5, 0.6) is 17.2 Å². The van der Waals surface area contributed by atoms with E-state index in [0.717, 1.165) is 0 Å². The molecule has 4 atom stereocenters. The maximum Gasteiger partial charge on any atom is 0.408 e. The molecule has 0 saturated heterocycles. The van der Waals surface area contributed by atoms with Crippen molar-refractivity contribution in [1.82, 2.24) is 16.0 Å². The number of hydrogen-bond acceptors (Lipinski definition) is 8.